The summed E-state index contributed by atoms with van der Waals surface area (Å²) in [5.74, 6) is 0.839. The van der Waals surface area contributed by atoms with Gasteiger partial charge >= 0.3 is 6.03 Å². The highest BCUT2D eigenvalue weighted by atomic mass is 16.3. The molecule has 2 amide bonds. The van der Waals surface area contributed by atoms with Gasteiger partial charge in [0.25, 0.3) is 0 Å². The van der Waals surface area contributed by atoms with E-state index in [9.17, 15) is 4.79 Å². The average Bonchev–Trinajstić information content (AvgIpc) is 2.91. The second-order valence-corrected chi connectivity index (χ2v) is 4.54. The smallest absolute Gasteiger partial charge is 0.318 e. The Bertz CT molecular complexity index is 342. The van der Waals surface area contributed by atoms with Crippen molar-refractivity contribution in [2.45, 2.75) is 45.3 Å². The molecule has 1 heterocycles. The third-order valence-corrected chi connectivity index (χ3v) is 2.57. The lowest BCUT2D eigenvalue weighted by Crippen LogP contribution is -2.43. The Morgan fingerprint density at radius 2 is 2.38 bits per heavy atom. The van der Waals surface area contributed by atoms with Crippen LogP contribution in [0.25, 0.3) is 0 Å². The summed E-state index contributed by atoms with van der Waals surface area (Å²) in [6, 6.07) is 4.32. The first kappa shape index (κ1) is 11.0. The lowest BCUT2D eigenvalue weighted by molar-refractivity contribution is 0.184. The van der Waals surface area contributed by atoms with E-state index in [1.165, 1.54) is 0 Å². The fourth-order valence-electron chi connectivity index (χ4n) is 1.65. The van der Waals surface area contributed by atoms with Crippen LogP contribution in [-0.4, -0.2) is 23.0 Å². The van der Waals surface area contributed by atoms with Crippen molar-refractivity contribution in [1.29, 1.82) is 0 Å². The van der Waals surface area contributed by atoms with Gasteiger partial charge in [0.05, 0.1) is 12.8 Å². The lowest BCUT2D eigenvalue weighted by atomic mass is 10.3. The summed E-state index contributed by atoms with van der Waals surface area (Å²) in [5.41, 5.74) is 0. The van der Waals surface area contributed by atoms with E-state index >= 15 is 0 Å². The van der Waals surface area contributed by atoms with E-state index in [4.69, 9.17) is 4.42 Å². The first-order valence-electron chi connectivity index (χ1n) is 5.76. The number of urea groups is 1. The highest BCUT2D eigenvalue weighted by molar-refractivity contribution is 5.75. The van der Waals surface area contributed by atoms with Crippen LogP contribution in [0, 0.1) is 0 Å². The molecular formula is C12H18N2O2. The van der Waals surface area contributed by atoms with Crippen molar-refractivity contribution in [3.05, 3.63) is 24.2 Å². The first-order valence-corrected chi connectivity index (χ1v) is 5.76. The van der Waals surface area contributed by atoms with Crippen LogP contribution in [0.15, 0.2) is 22.8 Å². The summed E-state index contributed by atoms with van der Waals surface area (Å²) in [6.45, 7) is 4.50. The number of amides is 2. The molecule has 0 unspecified atom stereocenters. The second-order valence-electron chi connectivity index (χ2n) is 4.54. The molecule has 0 atom stereocenters. The molecule has 1 N–H and O–H groups in total. The van der Waals surface area contributed by atoms with Gasteiger partial charge in [-0.3, -0.25) is 0 Å². The number of rotatable bonds is 4. The molecule has 1 saturated carbocycles. The summed E-state index contributed by atoms with van der Waals surface area (Å²) in [4.78, 5) is 13.8. The lowest BCUT2D eigenvalue weighted by Gasteiger charge is -2.23. The molecule has 0 radical (unpaired) electrons. The van der Waals surface area contributed by atoms with E-state index in [-0.39, 0.29) is 12.1 Å². The zero-order valence-electron chi connectivity index (χ0n) is 9.77. The molecule has 4 heteroatoms. The average molecular weight is 222 g/mol. The zero-order chi connectivity index (χ0) is 11.5. The summed E-state index contributed by atoms with van der Waals surface area (Å²) in [5, 5.41) is 2.92. The molecule has 0 aromatic carbocycles. The quantitative estimate of drug-likeness (QED) is 0.850. The van der Waals surface area contributed by atoms with Gasteiger partial charge in [-0.1, -0.05) is 0 Å². The summed E-state index contributed by atoms with van der Waals surface area (Å²) in [6.07, 6.45) is 3.85. The van der Waals surface area contributed by atoms with Crippen LogP contribution < -0.4 is 5.32 Å². The van der Waals surface area contributed by atoms with Crippen molar-refractivity contribution < 1.29 is 9.21 Å². The van der Waals surface area contributed by atoms with Crippen molar-refractivity contribution in [2.24, 2.45) is 0 Å². The van der Waals surface area contributed by atoms with E-state index in [1.807, 2.05) is 30.9 Å². The van der Waals surface area contributed by atoms with Crippen molar-refractivity contribution in [2.75, 3.05) is 0 Å². The molecule has 1 aromatic heterocycles. The molecule has 0 spiro atoms. The van der Waals surface area contributed by atoms with Gasteiger partial charge in [0.1, 0.15) is 5.76 Å². The van der Waals surface area contributed by atoms with E-state index in [0.29, 0.717) is 12.6 Å². The summed E-state index contributed by atoms with van der Waals surface area (Å²) >= 11 is 0. The van der Waals surface area contributed by atoms with Gasteiger partial charge in [-0.15, -0.1) is 0 Å². The minimum absolute atomic E-state index is 0.00824. The third kappa shape index (κ3) is 2.78. The predicted molar refractivity (Wildman–Crippen MR) is 60.9 cm³/mol. The zero-order valence-corrected chi connectivity index (χ0v) is 9.77. The van der Waals surface area contributed by atoms with Crippen LogP contribution in [-0.2, 0) is 6.54 Å². The fraction of sp³-hybridized carbons (Fsp3) is 0.583. The van der Waals surface area contributed by atoms with Gasteiger partial charge in [-0.05, 0) is 38.8 Å². The molecule has 88 valence electrons. The van der Waals surface area contributed by atoms with Crippen LogP contribution in [0.3, 0.4) is 0 Å². The Labute approximate surface area is 95.6 Å². The van der Waals surface area contributed by atoms with Crippen LogP contribution in [0.4, 0.5) is 4.79 Å². The first-order chi connectivity index (χ1) is 7.66. The number of hydrogen-bond acceptors (Lipinski definition) is 2. The van der Waals surface area contributed by atoms with Crippen molar-refractivity contribution in [1.82, 2.24) is 10.2 Å². The van der Waals surface area contributed by atoms with Crippen LogP contribution in [0.1, 0.15) is 32.4 Å². The van der Waals surface area contributed by atoms with Crippen LogP contribution >= 0.6 is 0 Å². The Balaban J connectivity index is 1.97. The molecule has 0 aliphatic heterocycles. The Hall–Kier alpha value is -1.45. The third-order valence-electron chi connectivity index (χ3n) is 2.57. The molecule has 0 saturated heterocycles. The number of hydrogen-bond donors (Lipinski definition) is 1. The van der Waals surface area contributed by atoms with Crippen LogP contribution in [0.5, 0.6) is 0 Å². The molecule has 2 rings (SSSR count). The minimum Gasteiger partial charge on any atom is -0.467 e. The molecule has 1 aromatic rings. The van der Waals surface area contributed by atoms with Gasteiger partial charge in [-0.25, -0.2) is 4.79 Å². The van der Waals surface area contributed by atoms with E-state index < -0.39 is 0 Å². The Morgan fingerprint density at radius 1 is 1.62 bits per heavy atom. The number of carbonyl (C=O) groups excluding carboxylic acids is 1. The Kier molecular flexibility index (Phi) is 3.17. The molecule has 4 nitrogen and oxygen atoms in total. The van der Waals surface area contributed by atoms with Crippen molar-refractivity contribution in [3.63, 3.8) is 0 Å². The number of nitrogens with zero attached hydrogens (tertiary/aromatic N) is 1. The summed E-state index contributed by atoms with van der Waals surface area (Å²) < 4.78 is 5.28. The van der Waals surface area contributed by atoms with E-state index in [0.717, 1.165) is 18.6 Å². The van der Waals surface area contributed by atoms with Gasteiger partial charge in [-0.2, -0.15) is 0 Å². The summed E-state index contributed by atoms with van der Waals surface area (Å²) in [7, 11) is 0. The van der Waals surface area contributed by atoms with Crippen molar-refractivity contribution >= 4 is 6.03 Å². The molecule has 1 aliphatic carbocycles. The van der Waals surface area contributed by atoms with Gasteiger partial charge in [0.2, 0.25) is 0 Å². The molecule has 1 aliphatic rings. The monoisotopic (exact) mass is 222 g/mol. The predicted octanol–water partition coefficient (Wildman–Crippen LogP) is 2.36. The number of nitrogens with one attached hydrogen (secondary N) is 1. The Morgan fingerprint density at radius 3 is 2.88 bits per heavy atom. The maximum absolute atomic E-state index is 11.9. The van der Waals surface area contributed by atoms with Crippen molar-refractivity contribution in [3.8, 4) is 0 Å². The number of furan rings is 1. The molecule has 16 heavy (non-hydrogen) atoms. The standard InChI is InChI=1S/C12H18N2O2/c1-9(2)13-12(15)14(10-5-6-10)8-11-4-3-7-16-11/h3-4,7,9-10H,5-6,8H2,1-2H3,(H,13,15). The van der Waals surface area contributed by atoms with Gasteiger partial charge in [0, 0.05) is 12.1 Å². The topological polar surface area (TPSA) is 45.5 Å². The van der Waals surface area contributed by atoms with Crippen LogP contribution in [0.2, 0.25) is 0 Å². The normalized spacial score (nSPS) is 15.2. The highest BCUT2D eigenvalue weighted by Crippen LogP contribution is 2.28. The number of carbonyl (C=O) groups is 1. The fourth-order valence-corrected chi connectivity index (χ4v) is 1.65. The molecular weight excluding hydrogens is 204 g/mol. The van der Waals surface area contributed by atoms with Gasteiger partial charge in [0.15, 0.2) is 0 Å². The van der Waals surface area contributed by atoms with Gasteiger partial charge < -0.3 is 14.6 Å². The maximum atomic E-state index is 11.9. The minimum atomic E-state index is 0.00824. The molecule has 0 bridgehead atoms. The largest absolute Gasteiger partial charge is 0.467 e. The molecule has 1 fully saturated rings. The van der Waals surface area contributed by atoms with E-state index in [1.54, 1.807) is 6.26 Å². The second kappa shape index (κ2) is 4.60. The highest BCUT2D eigenvalue weighted by Gasteiger charge is 2.33. The SMILES string of the molecule is CC(C)NC(=O)N(Cc1ccco1)C1CC1. The maximum Gasteiger partial charge on any atom is 0.318 e. The van der Waals surface area contributed by atoms with E-state index in [2.05, 4.69) is 5.32 Å².